The van der Waals surface area contributed by atoms with Crippen LogP contribution in [0.2, 0.25) is 0 Å². The van der Waals surface area contributed by atoms with Gasteiger partial charge in [-0.15, -0.1) is 11.3 Å². The van der Waals surface area contributed by atoms with Gasteiger partial charge in [-0.05, 0) is 54.5 Å². The molecular weight excluding hydrogens is 372 g/mol. The molecule has 1 aliphatic heterocycles. The van der Waals surface area contributed by atoms with E-state index in [4.69, 9.17) is 4.74 Å². The van der Waals surface area contributed by atoms with Crippen molar-refractivity contribution in [2.24, 2.45) is 5.92 Å². The van der Waals surface area contributed by atoms with E-state index in [1.54, 1.807) is 6.07 Å². The van der Waals surface area contributed by atoms with Crippen LogP contribution in [0.1, 0.15) is 53.8 Å². The van der Waals surface area contributed by atoms with E-state index in [0.29, 0.717) is 23.9 Å². The zero-order chi connectivity index (χ0) is 19.3. The van der Waals surface area contributed by atoms with Crippen LogP contribution in [0.4, 0.5) is 5.69 Å². The maximum absolute atomic E-state index is 12.7. The fourth-order valence-corrected chi connectivity index (χ4v) is 4.60. The molecule has 2 aromatic rings. The molecule has 2 aliphatic rings. The molecule has 5 nitrogen and oxygen atoms in total. The summed E-state index contributed by atoms with van der Waals surface area (Å²) < 4.78 is 5.83. The maximum atomic E-state index is 12.7. The molecule has 0 saturated heterocycles. The van der Waals surface area contributed by atoms with Crippen molar-refractivity contribution in [2.75, 3.05) is 11.9 Å². The van der Waals surface area contributed by atoms with Crippen molar-refractivity contribution in [3.63, 3.8) is 0 Å². The molecule has 4 rings (SSSR count). The van der Waals surface area contributed by atoms with E-state index in [9.17, 15) is 9.59 Å². The summed E-state index contributed by atoms with van der Waals surface area (Å²) in [4.78, 5) is 25.7. The fourth-order valence-electron chi connectivity index (χ4n) is 3.98. The quantitative estimate of drug-likeness (QED) is 0.751. The number of thiophene rings is 1. The van der Waals surface area contributed by atoms with E-state index in [-0.39, 0.29) is 17.7 Å². The molecule has 0 unspecified atom stereocenters. The number of carbonyl (C=O) groups is 2. The lowest BCUT2D eigenvalue weighted by molar-refractivity contribution is -0.127. The number of amides is 2. The molecule has 2 heterocycles. The maximum Gasteiger partial charge on any atom is 0.265 e. The Morgan fingerprint density at radius 3 is 2.64 bits per heavy atom. The highest BCUT2D eigenvalue weighted by molar-refractivity contribution is 7.12. The second-order valence-electron chi connectivity index (χ2n) is 7.66. The van der Waals surface area contributed by atoms with Gasteiger partial charge in [-0.25, -0.2) is 0 Å². The van der Waals surface area contributed by atoms with Crippen molar-refractivity contribution in [2.45, 2.75) is 51.0 Å². The Kier molecular flexibility index (Phi) is 5.95. The molecule has 1 atom stereocenters. The second-order valence-corrected chi connectivity index (χ2v) is 8.61. The standard InChI is InChI=1S/C22H26N2O3S/c25-21(23-17-6-3-1-2-4-7-17)16-12-15-13-18(9-10-19(15)27-14-16)24-22(26)20-8-5-11-28-20/h5,8-11,13,16-17H,1-4,6-7,12,14H2,(H,23,25)(H,24,26)/t16-/m0/s1. The highest BCUT2D eigenvalue weighted by Gasteiger charge is 2.28. The Labute approximate surface area is 169 Å². The predicted octanol–water partition coefficient (Wildman–Crippen LogP) is 4.39. The van der Waals surface area contributed by atoms with Crippen LogP contribution in [0, 0.1) is 5.92 Å². The summed E-state index contributed by atoms with van der Waals surface area (Å²) in [5, 5.41) is 8.05. The summed E-state index contributed by atoms with van der Waals surface area (Å²) in [6.07, 6.45) is 7.73. The third-order valence-electron chi connectivity index (χ3n) is 5.54. The zero-order valence-corrected chi connectivity index (χ0v) is 16.7. The van der Waals surface area contributed by atoms with Gasteiger partial charge in [0.05, 0.1) is 10.8 Å². The molecule has 0 spiro atoms. The Balaban J connectivity index is 1.39. The van der Waals surface area contributed by atoms with Gasteiger partial charge in [0.15, 0.2) is 0 Å². The Bertz CT molecular complexity index is 826. The third-order valence-corrected chi connectivity index (χ3v) is 6.41. The lowest BCUT2D eigenvalue weighted by Crippen LogP contribution is -2.42. The van der Waals surface area contributed by atoms with Gasteiger partial charge in [0, 0.05) is 11.7 Å². The first kappa shape index (κ1) is 19.0. The molecule has 2 N–H and O–H groups in total. The lowest BCUT2D eigenvalue weighted by atomic mass is 9.95. The number of rotatable bonds is 4. The van der Waals surface area contributed by atoms with Gasteiger partial charge in [-0.1, -0.05) is 31.7 Å². The first-order chi connectivity index (χ1) is 13.7. The van der Waals surface area contributed by atoms with E-state index in [2.05, 4.69) is 10.6 Å². The SMILES string of the molecule is O=C(Nc1ccc2c(c1)C[C@H](C(=O)NC1CCCCCC1)CO2)c1cccs1. The van der Waals surface area contributed by atoms with Crippen LogP contribution in [0.3, 0.4) is 0 Å². The van der Waals surface area contributed by atoms with Crippen LogP contribution in [0.15, 0.2) is 35.7 Å². The van der Waals surface area contributed by atoms with Crippen molar-refractivity contribution in [3.05, 3.63) is 46.2 Å². The van der Waals surface area contributed by atoms with Crippen LogP contribution in [-0.4, -0.2) is 24.5 Å². The molecule has 1 fully saturated rings. The number of nitrogens with one attached hydrogen (secondary N) is 2. The number of ether oxygens (including phenoxy) is 1. The number of benzene rings is 1. The average Bonchev–Trinajstić information content (AvgIpc) is 3.13. The average molecular weight is 399 g/mol. The van der Waals surface area contributed by atoms with Crippen molar-refractivity contribution >= 4 is 28.8 Å². The molecule has 1 saturated carbocycles. The number of hydrogen-bond acceptors (Lipinski definition) is 4. The minimum Gasteiger partial charge on any atom is -0.492 e. The molecule has 1 aromatic carbocycles. The fraction of sp³-hybridized carbons (Fsp3) is 0.455. The van der Waals surface area contributed by atoms with E-state index in [1.807, 2.05) is 29.6 Å². The molecule has 0 radical (unpaired) electrons. The van der Waals surface area contributed by atoms with Gasteiger partial charge in [0.2, 0.25) is 5.91 Å². The molecule has 148 valence electrons. The topological polar surface area (TPSA) is 67.4 Å². The first-order valence-electron chi connectivity index (χ1n) is 10.1. The summed E-state index contributed by atoms with van der Waals surface area (Å²) in [6, 6.07) is 9.60. The summed E-state index contributed by atoms with van der Waals surface area (Å²) in [6.45, 7) is 0.409. The third kappa shape index (κ3) is 4.55. The van der Waals surface area contributed by atoms with Crippen molar-refractivity contribution in [3.8, 4) is 5.75 Å². The summed E-state index contributed by atoms with van der Waals surface area (Å²) in [7, 11) is 0. The molecule has 6 heteroatoms. The highest BCUT2D eigenvalue weighted by Crippen LogP contribution is 2.30. The van der Waals surface area contributed by atoms with Gasteiger partial charge >= 0.3 is 0 Å². The predicted molar refractivity (Wildman–Crippen MR) is 111 cm³/mol. The minimum atomic E-state index is -0.181. The summed E-state index contributed by atoms with van der Waals surface area (Å²) in [5.41, 5.74) is 1.70. The molecule has 1 aromatic heterocycles. The van der Waals surface area contributed by atoms with E-state index < -0.39 is 0 Å². The van der Waals surface area contributed by atoms with Crippen LogP contribution in [0.5, 0.6) is 5.75 Å². The normalized spacial score (nSPS) is 19.8. The zero-order valence-electron chi connectivity index (χ0n) is 15.9. The Morgan fingerprint density at radius 2 is 1.89 bits per heavy atom. The largest absolute Gasteiger partial charge is 0.492 e. The number of hydrogen-bond donors (Lipinski definition) is 2. The summed E-state index contributed by atoms with van der Waals surface area (Å²) >= 11 is 1.41. The van der Waals surface area contributed by atoms with E-state index in [0.717, 1.165) is 29.8 Å². The minimum absolute atomic E-state index is 0.0885. The summed E-state index contributed by atoms with van der Waals surface area (Å²) in [5.74, 6) is 0.589. The van der Waals surface area contributed by atoms with E-state index in [1.165, 1.54) is 37.0 Å². The molecule has 0 bridgehead atoms. The van der Waals surface area contributed by atoms with Crippen molar-refractivity contribution in [1.29, 1.82) is 0 Å². The number of anilines is 1. The molecule has 2 amide bonds. The van der Waals surface area contributed by atoms with Crippen LogP contribution in [0.25, 0.3) is 0 Å². The van der Waals surface area contributed by atoms with E-state index >= 15 is 0 Å². The van der Waals surface area contributed by atoms with Crippen molar-refractivity contribution in [1.82, 2.24) is 5.32 Å². The smallest absolute Gasteiger partial charge is 0.265 e. The molecular formula is C22H26N2O3S. The first-order valence-corrected chi connectivity index (χ1v) is 11.0. The molecule has 1 aliphatic carbocycles. The second kappa shape index (κ2) is 8.78. The number of carbonyl (C=O) groups excluding carboxylic acids is 2. The lowest BCUT2D eigenvalue weighted by Gasteiger charge is -2.27. The Hall–Kier alpha value is -2.34. The van der Waals surface area contributed by atoms with Gasteiger partial charge in [-0.2, -0.15) is 0 Å². The molecule has 28 heavy (non-hydrogen) atoms. The Morgan fingerprint density at radius 1 is 1.07 bits per heavy atom. The van der Waals surface area contributed by atoms with Gasteiger partial charge in [0.1, 0.15) is 12.4 Å². The van der Waals surface area contributed by atoms with Crippen LogP contribution < -0.4 is 15.4 Å². The highest BCUT2D eigenvalue weighted by atomic mass is 32.1. The monoisotopic (exact) mass is 398 g/mol. The van der Waals surface area contributed by atoms with Crippen molar-refractivity contribution < 1.29 is 14.3 Å². The van der Waals surface area contributed by atoms with Gasteiger partial charge in [0.25, 0.3) is 5.91 Å². The van der Waals surface area contributed by atoms with Gasteiger partial charge < -0.3 is 15.4 Å². The van der Waals surface area contributed by atoms with Crippen LogP contribution >= 0.6 is 11.3 Å². The number of fused-ring (bicyclic) bond motifs is 1. The van der Waals surface area contributed by atoms with Crippen LogP contribution in [-0.2, 0) is 11.2 Å². The van der Waals surface area contributed by atoms with Gasteiger partial charge in [-0.3, -0.25) is 9.59 Å².